The molecular formula is C5H13N3O. The highest BCUT2D eigenvalue weighted by atomic mass is 16.2. The lowest BCUT2D eigenvalue weighted by atomic mass is 10.3. The lowest BCUT2D eigenvalue weighted by molar-refractivity contribution is 0.249. The van der Waals surface area contributed by atoms with Crippen LogP contribution in [0.5, 0.6) is 0 Å². The number of carbonyl (C=O) groups excluding carboxylic acids is 1. The molecule has 0 spiro atoms. The molecular weight excluding hydrogens is 118 g/mol. The molecule has 54 valence electrons. The van der Waals surface area contributed by atoms with Gasteiger partial charge in [-0.25, -0.2) is 4.79 Å². The molecule has 0 aliphatic heterocycles. The number of rotatable bonds is 4. The van der Waals surface area contributed by atoms with Crippen molar-refractivity contribution in [2.75, 3.05) is 13.1 Å². The first-order chi connectivity index (χ1) is 4.27. The van der Waals surface area contributed by atoms with Crippen LogP contribution in [-0.4, -0.2) is 19.1 Å². The largest absolute Gasteiger partial charge is 0.352 e. The first-order valence-corrected chi connectivity index (χ1v) is 3.00. The van der Waals surface area contributed by atoms with Crippen LogP contribution in [0.2, 0.25) is 0 Å². The molecule has 5 N–H and O–H groups in total. The SMILES string of the molecule is NCCCCNC(N)=O. The summed E-state index contributed by atoms with van der Waals surface area (Å²) < 4.78 is 0. The predicted molar refractivity (Wildman–Crippen MR) is 35.9 cm³/mol. The van der Waals surface area contributed by atoms with Gasteiger partial charge < -0.3 is 16.8 Å². The maximum absolute atomic E-state index is 10.0. The van der Waals surface area contributed by atoms with E-state index in [-0.39, 0.29) is 0 Å². The van der Waals surface area contributed by atoms with E-state index in [1.54, 1.807) is 0 Å². The van der Waals surface area contributed by atoms with Gasteiger partial charge in [0.1, 0.15) is 0 Å². The molecule has 0 atom stereocenters. The standard InChI is InChI=1S/C5H13N3O/c6-3-1-2-4-8-5(7)9/h1-4,6H2,(H3,7,8,9). The van der Waals surface area contributed by atoms with Crippen LogP contribution in [0, 0.1) is 0 Å². The molecule has 0 aromatic heterocycles. The zero-order valence-electron chi connectivity index (χ0n) is 5.39. The molecule has 0 fully saturated rings. The molecule has 0 radical (unpaired) electrons. The summed E-state index contributed by atoms with van der Waals surface area (Å²) in [6, 6.07) is -0.466. The number of amides is 2. The molecule has 4 heteroatoms. The van der Waals surface area contributed by atoms with E-state index in [0.29, 0.717) is 13.1 Å². The third kappa shape index (κ3) is 7.23. The number of unbranched alkanes of at least 4 members (excludes halogenated alkanes) is 1. The summed E-state index contributed by atoms with van der Waals surface area (Å²) in [6.45, 7) is 1.30. The third-order valence-corrected chi connectivity index (χ3v) is 0.930. The molecule has 0 aromatic carbocycles. The minimum atomic E-state index is -0.466. The summed E-state index contributed by atoms with van der Waals surface area (Å²) in [5.74, 6) is 0. The van der Waals surface area contributed by atoms with Gasteiger partial charge >= 0.3 is 6.03 Å². The van der Waals surface area contributed by atoms with E-state index in [2.05, 4.69) is 5.32 Å². The van der Waals surface area contributed by atoms with Gasteiger partial charge in [0.05, 0.1) is 0 Å². The molecule has 0 heterocycles. The normalized spacial score (nSPS) is 9.00. The zero-order chi connectivity index (χ0) is 7.11. The highest BCUT2D eigenvalue weighted by Crippen LogP contribution is 1.80. The van der Waals surface area contributed by atoms with Gasteiger partial charge in [0.2, 0.25) is 0 Å². The van der Waals surface area contributed by atoms with Crippen LogP contribution in [0.1, 0.15) is 12.8 Å². The van der Waals surface area contributed by atoms with Gasteiger partial charge in [0.15, 0.2) is 0 Å². The molecule has 0 rings (SSSR count). The molecule has 0 bridgehead atoms. The van der Waals surface area contributed by atoms with Gasteiger partial charge in [-0.1, -0.05) is 0 Å². The van der Waals surface area contributed by atoms with Crippen molar-refractivity contribution >= 4 is 6.03 Å². The Bertz CT molecular complexity index is 84.3. The lowest BCUT2D eigenvalue weighted by Gasteiger charge is -1.97. The fourth-order valence-electron chi connectivity index (χ4n) is 0.481. The van der Waals surface area contributed by atoms with Gasteiger partial charge in [-0.15, -0.1) is 0 Å². The Morgan fingerprint density at radius 2 is 2.11 bits per heavy atom. The van der Waals surface area contributed by atoms with E-state index in [1.165, 1.54) is 0 Å². The second-order valence-corrected chi connectivity index (χ2v) is 1.79. The molecule has 9 heavy (non-hydrogen) atoms. The van der Waals surface area contributed by atoms with Crippen LogP contribution in [0.15, 0.2) is 0 Å². The third-order valence-electron chi connectivity index (χ3n) is 0.930. The molecule has 0 unspecified atom stereocenters. The van der Waals surface area contributed by atoms with Crippen LogP contribution >= 0.6 is 0 Å². The molecule has 2 amide bonds. The van der Waals surface area contributed by atoms with E-state index in [1.807, 2.05) is 0 Å². The molecule has 0 saturated heterocycles. The van der Waals surface area contributed by atoms with E-state index >= 15 is 0 Å². The summed E-state index contributed by atoms with van der Waals surface area (Å²) in [7, 11) is 0. The molecule has 0 aliphatic rings. The monoisotopic (exact) mass is 131 g/mol. The van der Waals surface area contributed by atoms with Crippen molar-refractivity contribution in [3.8, 4) is 0 Å². The Kier molecular flexibility index (Phi) is 4.91. The molecule has 0 aromatic rings. The average molecular weight is 131 g/mol. The number of nitrogens with two attached hydrogens (primary N) is 2. The number of urea groups is 1. The predicted octanol–water partition coefficient (Wildman–Crippen LogP) is -0.606. The Morgan fingerprint density at radius 1 is 1.44 bits per heavy atom. The second-order valence-electron chi connectivity index (χ2n) is 1.79. The second kappa shape index (κ2) is 5.37. The fourth-order valence-corrected chi connectivity index (χ4v) is 0.481. The molecule has 0 saturated carbocycles. The average Bonchev–Trinajstić information content (AvgIpc) is 1.80. The Morgan fingerprint density at radius 3 is 2.56 bits per heavy atom. The van der Waals surface area contributed by atoms with Crippen LogP contribution in [0.4, 0.5) is 4.79 Å². The van der Waals surface area contributed by atoms with Crippen molar-refractivity contribution in [3.05, 3.63) is 0 Å². The van der Waals surface area contributed by atoms with Crippen LogP contribution in [0.3, 0.4) is 0 Å². The van der Waals surface area contributed by atoms with Crippen molar-refractivity contribution in [2.45, 2.75) is 12.8 Å². The van der Waals surface area contributed by atoms with Gasteiger partial charge in [0.25, 0.3) is 0 Å². The van der Waals surface area contributed by atoms with Crippen molar-refractivity contribution in [1.29, 1.82) is 0 Å². The minimum absolute atomic E-state index is 0.466. The van der Waals surface area contributed by atoms with E-state index in [9.17, 15) is 4.79 Å². The number of primary amides is 1. The van der Waals surface area contributed by atoms with E-state index in [0.717, 1.165) is 12.8 Å². The quantitative estimate of drug-likeness (QED) is 0.445. The summed E-state index contributed by atoms with van der Waals surface area (Å²) in [4.78, 5) is 10.0. The van der Waals surface area contributed by atoms with Crippen molar-refractivity contribution in [1.82, 2.24) is 5.32 Å². The van der Waals surface area contributed by atoms with Gasteiger partial charge in [0, 0.05) is 6.54 Å². The number of hydrogen-bond acceptors (Lipinski definition) is 2. The van der Waals surface area contributed by atoms with Crippen molar-refractivity contribution in [2.24, 2.45) is 11.5 Å². The fraction of sp³-hybridized carbons (Fsp3) is 0.800. The van der Waals surface area contributed by atoms with Crippen LogP contribution in [-0.2, 0) is 0 Å². The Balaban J connectivity index is 2.83. The Hall–Kier alpha value is -0.770. The van der Waals surface area contributed by atoms with Crippen LogP contribution in [0.25, 0.3) is 0 Å². The maximum atomic E-state index is 10.0. The minimum Gasteiger partial charge on any atom is -0.352 e. The number of carbonyl (C=O) groups is 1. The zero-order valence-corrected chi connectivity index (χ0v) is 5.39. The first-order valence-electron chi connectivity index (χ1n) is 3.00. The lowest BCUT2D eigenvalue weighted by Crippen LogP contribution is -2.30. The van der Waals surface area contributed by atoms with Gasteiger partial charge in [-0.05, 0) is 19.4 Å². The molecule has 4 nitrogen and oxygen atoms in total. The smallest absolute Gasteiger partial charge is 0.312 e. The highest BCUT2D eigenvalue weighted by Gasteiger charge is 1.88. The van der Waals surface area contributed by atoms with E-state index < -0.39 is 6.03 Å². The number of hydrogen-bond donors (Lipinski definition) is 3. The number of nitrogens with one attached hydrogen (secondary N) is 1. The van der Waals surface area contributed by atoms with Crippen molar-refractivity contribution < 1.29 is 4.79 Å². The summed E-state index contributed by atoms with van der Waals surface area (Å²) in [6.07, 6.45) is 1.83. The topological polar surface area (TPSA) is 81.1 Å². The van der Waals surface area contributed by atoms with E-state index in [4.69, 9.17) is 11.5 Å². The van der Waals surface area contributed by atoms with Crippen LogP contribution < -0.4 is 16.8 Å². The van der Waals surface area contributed by atoms with Gasteiger partial charge in [-0.3, -0.25) is 0 Å². The van der Waals surface area contributed by atoms with Gasteiger partial charge in [-0.2, -0.15) is 0 Å². The summed E-state index contributed by atoms with van der Waals surface area (Å²) in [5.41, 5.74) is 9.99. The van der Waals surface area contributed by atoms with Crippen molar-refractivity contribution in [3.63, 3.8) is 0 Å². The summed E-state index contributed by atoms with van der Waals surface area (Å²) >= 11 is 0. The Labute approximate surface area is 54.6 Å². The summed E-state index contributed by atoms with van der Waals surface area (Å²) in [5, 5.41) is 2.46. The highest BCUT2D eigenvalue weighted by molar-refractivity contribution is 5.71. The first kappa shape index (κ1) is 8.23. The maximum Gasteiger partial charge on any atom is 0.312 e. The molecule has 0 aliphatic carbocycles.